The van der Waals surface area contributed by atoms with Crippen LogP contribution in [0.15, 0.2) is 6.33 Å². The summed E-state index contributed by atoms with van der Waals surface area (Å²) in [4.78, 5) is 10.7. The number of methoxy groups -OCH3 is 1. The first-order chi connectivity index (χ1) is 7.72. The van der Waals surface area contributed by atoms with Crippen LogP contribution in [-0.2, 0) is 0 Å². The van der Waals surface area contributed by atoms with Gasteiger partial charge in [0.05, 0.1) is 12.8 Å². The second kappa shape index (κ2) is 4.65. The fourth-order valence-corrected chi connectivity index (χ4v) is 2.02. The van der Waals surface area contributed by atoms with Gasteiger partial charge in [-0.15, -0.1) is 0 Å². The van der Waals surface area contributed by atoms with Gasteiger partial charge in [0.25, 0.3) is 0 Å². The van der Waals surface area contributed by atoms with E-state index in [1.165, 1.54) is 0 Å². The van der Waals surface area contributed by atoms with E-state index in [2.05, 4.69) is 14.9 Å². The van der Waals surface area contributed by atoms with Gasteiger partial charge in [0.1, 0.15) is 6.33 Å². The van der Waals surface area contributed by atoms with Gasteiger partial charge in [-0.3, -0.25) is 0 Å². The first-order valence-electron chi connectivity index (χ1n) is 5.58. The Hall–Kier alpha value is -1.36. The van der Waals surface area contributed by atoms with Crippen LogP contribution in [0.4, 0.5) is 5.82 Å². The fraction of sp³-hybridized carbons (Fsp3) is 0.636. The molecule has 0 spiro atoms. The molecule has 0 bridgehead atoms. The van der Waals surface area contributed by atoms with Crippen LogP contribution in [0, 0.1) is 6.92 Å². The molecule has 1 aliphatic rings. The zero-order valence-corrected chi connectivity index (χ0v) is 9.81. The zero-order valence-electron chi connectivity index (χ0n) is 9.81. The summed E-state index contributed by atoms with van der Waals surface area (Å²) in [6.45, 7) is 3.81. The van der Waals surface area contributed by atoms with E-state index in [1.54, 1.807) is 13.4 Å². The molecule has 1 fully saturated rings. The highest BCUT2D eigenvalue weighted by atomic mass is 16.5. The van der Waals surface area contributed by atoms with Gasteiger partial charge in [0, 0.05) is 19.1 Å². The summed E-state index contributed by atoms with van der Waals surface area (Å²) in [5.74, 6) is 1.67. The highest BCUT2D eigenvalue weighted by Crippen LogP contribution is 2.29. The third-order valence-corrected chi connectivity index (χ3v) is 3.01. The maximum absolute atomic E-state index is 5.88. The minimum atomic E-state index is 0.324. The lowest BCUT2D eigenvalue weighted by atomic mass is 10.1. The van der Waals surface area contributed by atoms with Crippen molar-refractivity contribution in [2.45, 2.75) is 25.8 Å². The fourth-order valence-electron chi connectivity index (χ4n) is 2.02. The van der Waals surface area contributed by atoms with Crippen LogP contribution in [0.1, 0.15) is 18.5 Å². The zero-order chi connectivity index (χ0) is 11.5. The normalized spacial score (nSPS) is 17.6. The van der Waals surface area contributed by atoms with Crippen molar-refractivity contribution in [1.82, 2.24) is 9.97 Å². The second-order valence-corrected chi connectivity index (χ2v) is 4.14. The number of aryl methyl sites for hydroxylation is 1. The predicted octanol–water partition coefficient (Wildman–Crippen LogP) is 0.721. The van der Waals surface area contributed by atoms with E-state index in [0.717, 1.165) is 43.2 Å². The van der Waals surface area contributed by atoms with E-state index in [0.29, 0.717) is 6.04 Å². The standard InChI is InChI=1S/C11H18N4O/c1-8-10(16-2)11(14-7-13-8)15-5-3-9(12)4-6-15/h7,9H,3-6,12H2,1-2H3. The molecule has 5 nitrogen and oxygen atoms in total. The summed E-state index contributed by atoms with van der Waals surface area (Å²) < 4.78 is 5.36. The average Bonchev–Trinajstić information content (AvgIpc) is 2.30. The third kappa shape index (κ3) is 2.09. The topological polar surface area (TPSA) is 64.3 Å². The molecule has 0 atom stereocenters. The van der Waals surface area contributed by atoms with Crippen LogP contribution in [0.5, 0.6) is 5.75 Å². The SMILES string of the molecule is COc1c(C)ncnc1N1CCC(N)CC1. The summed E-state index contributed by atoms with van der Waals surface area (Å²) >= 11 is 0. The highest BCUT2D eigenvalue weighted by Gasteiger charge is 2.21. The average molecular weight is 222 g/mol. The molecule has 0 amide bonds. The molecular weight excluding hydrogens is 204 g/mol. The Balaban J connectivity index is 2.23. The molecule has 2 heterocycles. The smallest absolute Gasteiger partial charge is 0.182 e. The van der Waals surface area contributed by atoms with Gasteiger partial charge in [0.15, 0.2) is 11.6 Å². The molecular formula is C11H18N4O. The molecule has 1 aromatic heterocycles. The Labute approximate surface area is 95.6 Å². The number of hydrogen-bond donors (Lipinski definition) is 1. The lowest BCUT2D eigenvalue weighted by molar-refractivity contribution is 0.402. The van der Waals surface area contributed by atoms with E-state index in [1.807, 2.05) is 6.92 Å². The van der Waals surface area contributed by atoms with Gasteiger partial charge in [-0.25, -0.2) is 9.97 Å². The number of piperidine rings is 1. The molecule has 88 valence electrons. The second-order valence-electron chi connectivity index (χ2n) is 4.14. The van der Waals surface area contributed by atoms with E-state index >= 15 is 0 Å². The van der Waals surface area contributed by atoms with E-state index in [9.17, 15) is 0 Å². The third-order valence-electron chi connectivity index (χ3n) is 3.01. The van der Waals surface area contributed by atoms with Crippen molar-refractivity contribution >= 4 is 5.82 Å². The quantitative estimate of drug-likeness (QED) is 0.798. The van der Waals surface area contributed by atoms with Crippen molar-refractivity contribution in [2.75, 3.05) is 25.1 Å². The van der Waals surface area contributed by atoms with Crippen LogP contribution in [0.2, 0.25) is 0 Å². The van der Waals surface area contributed by atoms with Gasteiger partial charge in [-0.1, -0.05) is 0 Å². The molecule has 0 aliphatic carbocycles. The number of nitrogens with two attached hydrogens (primary N) is 1. The number of nitrogens with zero attached hydrogens (tertiary/aromatic N) is 3. The number of aromatic nitrogens is 2. The van der Waals surface area contributed by atoms with Crippen molar-refractivity contribution in [2.24, 2.45) is 5.73 Å². The van der Waals surface area contributed by atoms with E-state index in [-0.39, 0.29) is 0 Å². The lowest BCUT2D eigenvalue weighted by Crippen LogP contribution is -2.40. The van der Waals surface area contributed by atoms with Crippen LogP contribution in [0.3, 0.4) is 0 Å². The van der Waals surface area contributed by atoms with Crippen molar-refractivity contribution in [3.8, 4) is 5.75 Å². The largest absolute Gasteiger partial charge is 0.491 e. The summed E-state index contributed by atoms with van der Waals surface area (Å²) in [5.41, 5.74) is 6.76. The molecule has 0 radical (unpaired) electrons. The molecule has 2 N–H and O–H groups in total. The van der Waals surface area contributed by atoms with E-state index < -0.39 is 0 Å². The van der Waals surface area contributed by atoms with Gasteiger partial charge < -0.3 is 15.4 Å². The Bertz CT molecular complexity index is 361. The summed E-state index contributed by atoms with van der Waals surface area (Å²) in [7, 11) is 1.66. The predicted molar refractivity (Wildman–Crippen MR) is 62.7 cm³/mol. The molecule has 5 heteroatoms. The van der Waals surface area contributed by atoms with Crippen LogP contribution in [-0.4, -0.2) is 36.2 Å². The van der Waals surface area contributed by atoms with Crippen LogP contribution in [0.25, 0.3) is 0 Å². The summed E-state index contributed by atoms with van der Waals surface area (Å²) in [5, 5.41) is 0. The molecule has 2 rings (SSSR count). The van der Waals surface area contributed by atoms with Gasteiger partial charge >= 0.3 is 0 Å². The van der Waals surface area contributed by atoms with E-state index in [4.69, 9.17) is 10.5 Å². The number of hydrogen-bond acceptors (Lipinski definition) is 5. The highest BCUT2D eigenvalue weighted by molar-refractivity contribution is 5.54. The van der Waals surface area contributed by atoms with Crippen molar-refractivity contribution in [3.05, 3.63) is 12.0 Å². The Morgan fingerprint density at radius 1 is 1.38 bits per heavy atom. The molecule has 0 saturated carbocycles. The minimum Gasteiger partial charge on any atom is -0.491 e. The first-order valence-corrected chi connectivity index (χ1v) is 5.58. The number of anilines is 1. The number of rotatable bonds is 2. The number of ether oxygens (including phenoxy) is 1. The Morgan fingerprint density at radius 2 is 2.06 bits per heavy atom. The monoisotopic (exact) mass is 222 g/mol. The van der Waals surface area contributed by atoms with Crippen molar-refractivity contribution < 1.29 is 4.74 Å². The van der Waals surface area contributed by atoms with Crippen LogP contribution < -0.4 is 15.4 Å². The molecule has 0 aromatic carbocycles. The van der Waals surface area contributed by atoms with Gasteiger partial charge in [-0.2, -0.15) is 0 Å². The summed E-state index contributed by atoms with van der Waals surface area (Å²) in [6.07, 6.45) is 3.60. The van der Waals surface area contributed by atoms with Gasteiger partial charge in [0.2, 0.25) is 0 Å². The Morgan fingerprint density at radius 3 is 2.69 bits per heavy atom. The Kier molecular flexibility index (Phi) is 3.24. The van der Waals surface area contributed by atoms with Crippen molar-refractivity contribution in [3.63, 3.8) is 0 Å². The first kappa shape index (κ1) is 11.1. The van der Waals surface area contributed by atoms with Crippen LogP contribution >= 0.6 is 0 Å². The molecule has 0 unspecified atom stereocenters. The summed E-state index contributed by atoms with van der Waals surface area (Å²) in [6, 6.07) is 0.324. The molecule has 16 heavy (non-hydrogen) atoms. The maximum atomic E-state index is 5.88. The van der Waals surface area contributed by atoms with Crippen molar-refractivity contribution in [1.29, 1.82) is 0 Å². The molecule has 1 saturated heterocycles. The molecule has 1 aromatic rings. The molecule has 1 aliphatic heterocycles. The van der Waals surface area contributed by atoms with Gasteiger partial charge in [-0.05, 0) is 19.8 Å². The maximum Gasteiger partial charge on any atom is 0.182 e. The minimum absolute atomic E-state index is 0.324. The lowest BCUT2D eigenvalue weighted by Gasteiger charge is -2.31.